The predicted octanol–water partition coefficient (Wildman–Crippen LogP) is 3.09. The van der Waals surface area contributed by atoms with E-state index in [1.165, 1.54) is 0 Å². The maximum absolute atomic E-state index is 12.5. The first kappa shape index (κ1) is 16.4. The van der Waals surface area contributed by atoms with Crippen molar-refractivity contribution < 1.29 is 9.53 Å². The van der Waals surface area contributed by atoms with Gasteiger partial charge in [0.1, 0.15) is 0 Å². The van der Waals surface area contributed by atoms with Gasteiger partial charge in [-0.25, -0.2) is 14.8 Å². The van der Waals surface area contributed by atoms with Crippen molar-refractivity contribution in [2.75, 3.05) is 25.1 Å². The minimum atomic E-state index is -0.0790. The molecule has 1 aliphatic rings. The van der Waals surface area contributed by atoms with Crippen LogP contribution in [0.25, 0.3) is 11.4 Å². The quantitative estimate of drug-likeness (QED) is 0.941. The number of morpholine rings is 1. The summed E-state index contributed by atoms with van der Waals surface area (Å²) in [5.41, 5.74) is 2.61. The number of urea groups is 1. The van der Waals surface area contributed by atoms with E-state index in [1.54, 1.807) is 6.20 Å². The number of aromatic nitrogens is 2. The molecule has 1 N–H and O–H groups in total. The van der Waals surface area contributed by atoms with Crippen molar-refractivity contribution in [2.24, 2.45) is 0 Å². The summed E-state index contributed by atoms with van der Waals surface area (Å²) < 4.78 is 5.44. The Hall–Kier alpha value is -2.47. The molecule has 2 heterocycles. The van der Waals surface area contributed by atoms with Gasteiger partial charge < -0.3 is 15.0 Å². The van der Waals surface area contributed by atoms with Crippen LogP contribution in [0.4, 0.5) is 10.5 Å². The summed E-state index contributed by atoms with van der Waals surface area (Å²) >= 11 is 0. The van der Waals surface area contributed by atoms with Crippen molar-refractivity contribution in [2.45, 2.75) is 26.3 Å². The van der Waals surface area contributed by atoms with Crippen molar-refractivity contribution in [1.29, 1.82) is 0 Å². The van der Waals surface area contributed by atoms with E-state index >= 15 is 0 Å². The molecule has 0 radical (unpaired) electrons. The fourth-order valence-electron chi connectivity index (χ4n) is 2.75. The van der Waals surface area contributed by atoms with Crippen LogP contribution in [0.1, 0.15) is 19.0 Å². The molecular formula is C18H22N4O2. The monoisotopic (exact) mass is 326 g/mol. The van der Waals surface area contributed by atoms with Crippen LogP contribution in [0, 0.1) is 6.92 Å². The Labute approximate surface area is 141 Å². The maximum atomic E-state index is 12.5. The summed E-state index contributed by atoms with van der Waals surface area (Å²) in [6, 6.07) is 9.51. The summed E-state index contributed by atoms with van der Waals surface area (Å²) in [6.45, 7) is 5.82. The Morgan fingerprint density at radius 3 is 2.83 bits per heavy atom. The number of nitrogens with one attached hydrogen (secondary N) is 1. The van der Waals surface area contributed by atoms with Gasteiger partial charge in [0, 0.05) is 29.7 Å². The van der Waals surface area contributed by atoms with Crippen molar-refractivity contribution in [1.82, 2.24) is 14.9 Å². The second-order valence-corrected chi connectivity index (χ2v) is 5.86. The SMILES string of the molecule is CCC1COCCN1C(=O)Nc1ccc(-c2nccc(C)n2)cc1. The fraction of sp³-hybridized carbons (Fsp3) is 0.389. The second-order valence-electron chi connectivity index (χ2n) is 5.86. The molecule has 2 amide bonds. The molecular weight excluding hydrogens is 304 g/mol. The number of aryl methyl sites for hydroxylation is 1. The van der Waals surface area contributed by atoms with Gasteiger partial charge in [-0.2, -0.15) is 0 Å². The number of hydrogen-bond donors (Lipinski definition) is 1. The number of amides is 2. The number of ether oxygens (including phenoxy) is 1. The smallest absolute Gasteiger partial charge is 0.322 e. The van der Waals surface area contributed by atoms with Gasteiger partial charge in [0.15, 0.2) is 5.82 Å². The summed E-state index contributed by atoms with van der Waals surface area (Å²) in [5, 5.41) is 2.96. The first-order valence-electron chi connectivity index (χ1n) is 8.23. The molecule has 0 saturated carbocycles. The molecule has 1 fully saturated rings. The van der Waals surface area contributed by atoms with E-state index in [2.05, 4.69) is 22.2 Å². The summed E-state index contributed by atoms with van der Waals surface area (Å²) in [5.74, 6) is 0.687. The molecule has 0 aliphatic carbocycles. The Morgan fingerprint density at radius 1 is 1.33 bits per heavy atom. The number of rotatable bonds is 3. The van der Waals surface area contributed by atoms with Gasteiger partial charge in [0.25, 0.3) is 0 Å². The van der Waals surface area contributed by atoms with Gasteiger partial charge in [0.05, 0.1) is 19.3 Å². The lowest BCUT2D eigenvalue weighted by atomic mass is 10.2. The summed E-state index contributed by atoms with van der Waals surface area (Å²) in [7, 11) is 0. The molecule has 6 heteroatoms. The predicted molar refractivity (Wildman–Crippen MR) is 92.8 cm³/mol. The first-order chi connectivity index (χ1) is 11.7. The van der Waals surface area contributed by atoms with E-state index < -0.39 is 0 Å². The molecule has 3 rings (SSSR count). The van der Waals surface area contributed by atoms with Crippen LogP contribution < -0.4 is 5.32 Å². The first-order valence-corrected chi connectivity index (χ1v) is 8.23. The van der Waals surface area contributed by atoms with E-state index in [-0.39, 0.29) is 12.1 Å². The largest absolute Gasteiger partial charge is 0.377 e. The van der Waals surface area contributed by atoms with Gasteiger partial charge in [-0.3, -0.25) is 0 Å². The summed E-state index contributed by atoms with van der Waals surface area (Å²) in [6.07, 6.45) is 2.63. The summed E-state index contributed by atoms with van der Waals surface area (Å²) in [4.78, 5) is 23.0. The number of carbonyl (C=O) groups excluding carboxylic acids is 1. The Morgan fingerprint density at radius 2 is 2.12 bits per heavy atom. The van der Waals surface area contributed by atoms with E-state index in [9.17, 15) is 4.79 Å². The number of carbonyl (C=O) groups is 1. The fourth-order valence-corrected chi connectivity index (χ4v) is 2.75. The zero-order valence-corrected chi connectivity index (χ0v) is 14.0. The highest BCUT2D eigenvalue weighted by molar-refractivity contribution is 5.89. The lowest BCUT2D eigenvalue weighted by Gasteiger charge is -2.35. The average Bonchev–Trinajstić information content (AvgIpc) is 2.62. The van der Waals surface area contributed by atoms with Crippen molar-refractivity contribution in [3.63, 3.8) is 0 Å². The van der Waals surface area contributed by atoms with Crippen LogP contribution in [-0.2, 0) is 4.74 Å². The van der Waals surface area contributed by atoms with E-state index in [0.29, 0.717) is 25.6 Å². The van der Waals surface area contributed by atoms with Gasteiger partial charge >= 0.3 is 6.03 Å². The van der Waals surface area contributed by atoms with Crippen LogP contribution >= 0.6 is 0 Å². The highest BCUT2D eigenvalue weighted by atomic mass is 16.5. The van der Waals surface area contributed by atoms with Crippen molar-refractivity contribution >= 4 is 11.7 Å². The van der Waals surface area contributed by atoms with Crippen molar-refractivity contribution in [3.05, 3.63) is 42.2 Å². The molecule has 1 atom stereocenters. The molecule has 0 spiro atoms. The van der Waals surface area contributed by atoms with Crippen LogP contribution in [0.2, 0.25) is 0 Å². The standard InChI is InChI=1S/C18H22N4O2/c1-3-16-12-24-11-10-22(16)18(23)21-15-6-4-14(5-7-15)17-19-9-8-13(2)20-17/h4-9,16H,3,10-12H2,1-2H3,(H,21,23). The number of benzene rings is 1. The van der Waals surface area contributed by atoms with Gasteiger partial charge in [0.2, 0.25) is 0 Å². The average molecular weight is 326 g/mol. The van der Waals surface area contributed by atoms with E-state index in [1.807, 2.05) is 42.2 Å². The number of nitrogens with zero attached hydrogens (tertiary/aromatic N) is 3. The molecule has 126 valence electrons. The van der Waals surface area contributed by atoms with Crippen LogP contribution in [0.3, 0.4) is 0 Å². The van der Waals surface area contributed by atoms with Crippen molar-refractivity contribution in [3.8, 4) is 11.4 Å². The van der Waals surface area contributed by atoms with E-state index in [0.717, 1.165) is 23.4 Å². The lowest BCUT2D eigenvalue weighted by molar-refractivity contribution is 0.0144. The van der Waals surface area contributed by atoms with Gasteiger partial charge in [-0.05, 0) is 43.7 Å². The highest BCUT2D eigenvalue weighted by Gasteiger charge is 2.25. The lowest BCUT2D eigenvalue weighted by Crippen LogP contribution is -2.50. The third kappa shape index (κ3) is 3.71. The molecule has 0 bridgehead atoms. The minimum Gasteiger partial charge on any atom is -0.377 e. The highest BCUT2D eigenvalue weighted by Crippen LogP contribution is 2.19. The third-order valence-corrected chi connectivity index (χ3v) is 4.15. The molecule has 6 nitrogen and oxygen atoms in total. The molecule has 1 aromatic heterocycles. The Balaban J connectivity index is 1.68. The van der Waals surface area contributed by atoms with Gasteiger partial charge in [-0.15, -0.1) is 0 Å². The zero-order valence-electron chi connectivity index (χ0n) is 14.0. The molecule has 1 unspecified atom stereocenters. The molecule has 24 heavy (non-hydrogen) atoms. The van der Waals surface area contributed by atoms with Crippen LogP contribution in [-0.4, -0.2) is 46.7 Å². The van der Waals surface area contributed by atoms with Crippen LogP contribution in [0.15, 0.2) is 36.5 Å². The number of anilines is 1. The van der Waals surface area contributed by atoms with Gasteiger partial charge in [-0.1, -0.05) is 6.92 Å². The third-order valence-electron chi connectivity index (χ3n) is 4.15. The molecule has 2 aromatic rings. The van der Waals surface area contributed by atoms with E-state index in [4.69, 9.17) is 4.74 Å². The Kier molecular flexibility index (Phi) is 5.05. The topological polar surface area (TPSA) is 67.3 Å². The minimum absolute atomic E-state index is 0.0790. The Bertz CT molecular complexity index is 702. The maximum Gasteiger partial charge on any atom is 0.322 e. The normalized spacial score (nSPS) is 17.6. The second kappa shape index (κ2) is 7.40. The molecule has 1 aliphatic heterocycles. The molecule has 1 saturated heterocycles. The zero-order chi connectivity index (χ0) is 16.9. The van der Waals surface area contributed by atoms with Crippen LogP contribution in [0.5, 0.6) is 0 Å². The number of hydrogen-bond acceptors (Lipinski definition) is 4. The molecule has 1 aromatic carbocycles.